The number of pyridine rings is 1. The van der Waals surface area contributed by atoms with Crippen molar-refractivity contribution in [1.29, 1.82) is 5.41 Å². The first-order valence-electron chi connectivity index (χ1n) is 15.7. The molecule has 9 heteroatoms. The molecule has 45 heavy (non-hydrogen) atoms. The summed E-state index contributed by atoms with van der Waals surface area (Å²) in [5, 5.41) is 8.24. The second-order valence-corrected chi connectivity index (χ2v) is 10.9. The van der Waals surface area contributed by atoms with Gasteiger partial charge in [0.25, 0.3) is 0 Å². The van der Waals surface area contributed by atoms with Crippen LogP contribution in [0.5, 0.6) is 0 Å². The Morgan fingerprint density at radius 1 is 1.09 bits per heavy atom. The summed E-state index contributed by atoms with van der Waals surface area (Å²) in [7, 11) is 0. The third kappa shape index (κ3) is 10.0. The van der Waals surface area contributed by atoms with Crippen LogP contribution in [0.25, 0.3) is 6.08 Å². The van der Waals surface area contributed by atoms with E-state index in [-0.39, 0.29) is 31.1 Å². The molecule has 6 nitrogen and oxygen atoms in total. The van der Waals surface area contributed by atoms with Crippen molar-refractivity contribution in [2.24, 2.45) is 0 Å². The van der Waals surface area contributed by atoms with E-state index in [1.54, 1.807) is 18.3 Å². The number of rotatable bonds is 6. The molecule has 3 heterocycles. The number of nitrogens with zero attached hydrogens (tertiary/aromatic N) is 3. The van der Waals surface area contributed by atoms with Gasteiger partial charge < -0.3 is 10.6 Å². The topological polar surface area (TPSA) is 86.3 Å². The number of amides is 1. The van der Waals surface area contributed by atoms with Crippen LogP contribution in [-0.4, -0.2) is 57.7 Å². The third-order valence-corrected chi connectivity index (χ3v) is 7.44. The first-order chi connectivity index (χ1) is 21.5. The van der Waals surface area contributed by atoms with Gasteiger partial charge in [-0.25, -0.2) is 13.2 Å². The molecule has 2 aliphatic rings. The number of nitrogens with two attached hydrogens (primary N) is 1. The van der Waals surface area contributed by atoms with Crippen LogP contribution in [0.1, 0.15) is 81.8 Å². The highest BCUT2D eigenvalue weighted by molar-refractivity contribution is 6.14. The number of benzene rings is 2. The summed E-state index contributed by atoms with van der Waals surface area (Å²) < 4.78 is 41.3. The summed E-state index contributed by atoms with van der Waals surface area (Å²) in [5.41, 5.74) is 8.98. The van der Waals surface area contributed by atoms with Gasteiger partial charge in [0.2, 0.25) is 5.91 Å². The number of nitrogens with one attached hydrogen (secondary N) is 1. The summed E-state index contributed by atoms with van der Waals surface area (Å²) in [6.45, 7) is 16.0. The average molecular weight is 624 g/mol. The Labute approximate surface area is 266 Å². The number of carbonyl (C=O) groups is 1. The lowest BCUT2D eigenvalue weighted by atomic mass is 9.94. The summed E-state index contributed by atoms with van der Waals surface area (Å²) in [6.07, 6.45) is 5.88. The van der Waals surface area contributed by atoms with Crippen LogP contribution in [0.15, 0.2) is 61.3 Å². The van der Waals surface area contributed by atoms with Crippen LogP contribution in [0.2, 0.25) is 0 Å². The fraction of sp³-hybridized carbons (Fsp3) is 0.417. The molecule has 1 atom stereocenters. The van der Waals surface area contributed by atoms with Gasteiger partial charge in [-0.1, -0.05) is 58.9 Å². The van der Waals surface area contributed by atoms with Crippen molar-refractivity contribution in [3.63, 3.8) is 0 Å². The number of likely N-dealkylation sites (tertiary alicyclic amines) is 2. The van der Waals surface area contributed by atoms with Gasteiger partial charge in [-0.05, 0) is 75.2 Å². The summed E-state index contributed by atoms with van der Waals surface area (Å²) in [6, 6.07) is 12.6. The van der Waals surface area contributed by atoms with Crippen LogP contribution >= 0.6 is 0 Å². The maximum absolute atomic E-state index is 13.9. The number of nitrogen functional groups attached to an aromatic ring is 1. The zero-order valence-electron chi connectivity index (χ0n) is 27.5. The van der Waals surface area contributed by atoms with Gasteiger partial charge in [0, 0.05) is 40.8 Å². The summed E-state index contributed by atoms with van der Waals surface area (Å²) in [5.74, 6) is -1.32. The van der Waals surface area contributed by atoms with Crippen LogP contribution in [-0.2, 0) is 11.3 Å². The van der Waals surface area contributed by atoms with E-state index in [1.165, 1.54) is 30.0 Å². The van der Waals surface area contributed by atoms with E-state index < -0.39 is 23.3 Å². The molecule has 1 unspecified atom stereocenters. The fourth-order valence-electron chi connectivity index (χ4n) is 5.24. The van der Waals surface area contributed by atoms with Crippen molar-refractivity contribution in [3.8, 4) is 0 Å². The monoisotopic (exact) mass is 623 g/mol. The Balaban J connectivity index is 0.000000289. The zero-order valence-corrected chi connectivity index (χ0v) is 27.5. The number of anilines is 1. The van der Waals surface area contributed by atoms with E-state index in [2.05, 4.69) is 11.6 Å². The number of alkyl halides is 1. The van der Waals surface area contributed by atoms with Crippen LogP contribution in [0.4, 0.5) is 18.9 Å². The van der Waals surface area contributed by atoms with Crippen molar-refractivity contribution in [2.75, 3.05) is 25.4 Å². The number of piperidine rings is 1. The normalized spacial score (nSPS) is 16.7. The molecule has 0 saturated carbocycles. The third-order valence-electron chi connectivity index (χ3n) is 7.44. The van der Waals surface area contributed by atoms with E-state index in [0.717, 1.165) is 35.2 Å². The number of hydrogen-bond donors (Lipinski definition) is 2. The molecule has 0 spiro atoms. The lowest BCUT2D eigenvalue weighted by molar-refractivity contribution is -0.151. The highest BCUT2D eigenvalue weighted by Crippen LogP contribution is 2.29. The standard InChI is InChI=1S/C17H21F3N2O.C15H15N3.2C2H6/c1-17(20)10-22(11-17)16(23)15-7-2-3-8-21(15)9-12-13(18)5-4-6-14(12)19;1-3-11-4-5-14(16)13(9-11)15(17)12-6-7-18-10(2)8-12;2*1-2/h4-6,15H,2-3,7-11H2,1H3;3-9,17H,1,16H2,2H3;2*1-2H3. The Bertz CT molecular complexity index is 1410. The first kappa shape index (κ1) is 37.2. The molecule has 0 aliphatic carbocycles. The summed E-state index contributed by atoms with van der Waals surface area (Å²) >= 11 is 0. The van der Waals surface area contributed by atoms with Crippen molar-refractivity contribution < 1.29 is 18.0 Å². The first-order valence-corrected chi connectivity index (χ1v) is 15.7. The van der Waals surface area contributed by atoms with Crippen molar-refractivity contribution in [1.82, 2.24) is 14.8 Å². The Kier molecular flexibility index (Phi) is 14.5. The molecule has 2 fully saturated rings. The predicted molar refractivity (Wildman–Crippen MR) is 179 cm³/mol. The maximum Gasteiger partial charge on any atom is 0.240 e. The minimum Gasteiger partial charge on any atom is -0.398 e. The minimum absolute atomic E-state index is 0.00820. The van der Waals surface area contributed by atoms with Gasteiger partial charge in [0.05, 0.1) is 24.8 Å². The van der Waals surface area contributed by atoms with Crippen molar-refractivity contribution >= 4 is 23.4 Å². The number of aromatic nitrogens is 1. The maximum atomic E-state index is 13.9. The second kappa shape index (κ2) is 17.5. The molecule has 244 valence electrons. The van der Waals surface area contributed by atoms with E-state index >= 15 is 0 Å². The largest absolute Gasteiger partial charge is 0.398 e. The van der Waals surface area contributed by atoms with Crippen molar-refractivity contribution in [2.45, 2.75) is 79.1 Å². The molecule has 5 rings (SSSR count). The quantitative estimate of drug-likeness (QED) is 0.215. The Morgan fingerprint density at radius 3 is 2.31 bits per heavy atom. The Hall–Kier alpha value is -3.98. The molecule has 3 aromatic rings. The predicted octanol–water partition coefficient (Wildman–Crippen LogP) is 7.97. The fourth-order valence-corrected chi connectivity index (χ4v) is 5.24. The number of carbonyl (C=O) groups excluding carboxylic acids is 1. The molecule has 3 N–H and O–H groups in total. The van der Waals surface area contributed by atoms with Crippen molar-refractivity contribution in [3.05, 3.63) is 101 Å². The molecule has 2 saturated heterocycles. The van der Waals surface area contributed by atoms with Gasteiger partial charge in [0.15, 0.2) is 0 Å². The van der Waals surface area contributed by atoms with Gasteiger partial charge >= 0.3 is 0 Å². The highest BCUT2D eigenvalue weighted by Gasteiger charge is 2.44. The lowest BCUT2D eigenvalue weighted by Crippen LogP contribution is -2.63. The smallest absolute Gasteiger partial charge is 0.240 e. The van der Waals surface area contributed by atoms with Gasteiger partial charge in [0.1, 0.15) is 17.3 Å². The SMILES string of the molecule is C=Cc1ccc(N)c(C(=N)c2ccnc(C)c2)c1.CC.CC.CC1(F)CN(C(=O)C2CCCCN2Cc2c(F)cccc2F)C1. The molecule has 0 radical (unpaired) electrons. The molecule has 0 bridgehead atoms. The molecule has 1 amide bonds. The van der Waals surface area contributed by atoms with E-state index in [4.69, 9.17) is 11.1 Å². The van der Waals surface area contributed by atoms with Gasteiger partial charge in [-0.2, -0.15) is 0 Å². The van der Waals surface area contributed by atoms with Crippen LogP contribution in [0, 0.1) is 24.0 Å². The Morgan fingerprint density at radius 2 is 1.73 bits per heavy atom. The van der Waals surface area contributed by atoms with E-state index in [9.17, 15) is 18.0 Å². The number of halogens is 3. The highest BCUT2D eigenvalue weighted by atomic mass is 19.1. The van der Waals surface area contributed by atoms with E-state index in [1.807, 2.05) is 63.8 Å². The molecular weight excluding hydrogens is 575 g/mol. The zero-order chi connectivity index (χ0) is 33.7. The lowest BCUT2D eigenvalue weighted by Gasteiger charge is -2.46. The minimum atomic E-state index is -1.31. The second-order valence-electron chi connectivity index (χ2n) is 10.9. The number of aryl methyl sites for hydroxylation is 1. The van der Waals surface area contributed by atoms with E-state index in [0.29, 0.717) is 24.4 Å². The van der Waals surface area contributed by atoms with Crippen LogP contribution in [0.3, 0.4) is 0 Å². The summed E-state index contributed by atoms with van der Waals surface area (Å²) in [4.78, 5) is 20.0. The average Bonchev–Trinajstić information content (AvgIpc) is 3.04. The molecule has 1 aromatic heterocycles. The van der Waals surface area contributed by atoms with Gasteiger partial charge in [-0.15, -0.1) is 0 Å². The molecule has 2 aromatic carbocycles. The number of hydrogen-bond acceptors (Lipinski definition) is 5. The molecule has 2 aliphatic heterocycles. The van der Waals surface area contributed by atoms with Gasteiger partial charge in [-0.3, -0.25) is 20.1 Å². The molecular formula is C36H48F3N5O. The van der Waals surface area contributed by atoms with Crippen LogP contribution < -0.4 is 5.73 Å².